The van der Waals surface area contributed by atoms with Crippen molar-refractivity contribution in [2.75, 3.05) is 5.75 Å². The van der Waals surface area contributed by atoms with Crippen LogP contribution in [0.15, 0.2) is 6.20 Å². The second-order valence-corrected chi connectivity index (χ2v) is 6.17. The highest BCUT2D eigenvalue weighted by Crippen LogP contribution is 2.35. The van der Waals surface area contributed by atoms with E-state index in [0.717, 1.165) is 12.6 Å². The molecule has 1 aromatic heterocycles. The molecule has 0 aromatic carbocycles. The SMILES string of the molecule is CCC(C)SCC(O)c1cnc(C(F)(F)F)s1. The summed E-state index contributed by atoms with van der Waals surface area (Å²) in [5.74, 6) is 0.397. The number of thiazole rings is 1. The molecule has 17 heavy (non-hydrogen) atoms. The van der Waals surface area contributed by atoms with E-state index in [1.807, 2.05) is 13.8 Å². The summed E-state index contributed by atoms with van der Waals surface area (Å²) in [5.41, 5.74) is 0. The van der Waals surface area contributed by atoms with Crippen molar-refractivity contribution in [1.82, 2.24) is 4.98 Å². The molecule has 1 aromatic rings. The van der Waals surface area contributed by atoms with Crippen LogP contribution in [0.1, 0.15) is 36.3 Å². The Morgan fingerprint density at radius 1 is 1.53 bits per heavy atom. The third-order valence-corrected chi connectivity index (χ3v) is 4.76. The van der Waals surface area contributed by atoms with E-state index < -0.39 is 17.3 Å². The normalized spacial score (nSPS) is 15.9. The molecule has 2 unspecified atom stereocenters. The second kappa shape index (κ2) is 6.06. The maximum Gasteiger partial charge on any atom is 0.443 e. The monoisotopic (exact) mass is 285 g/mol. The molecule has 0 saturated heterocycles. The van der Waals surface area contributed by atoms with Gasteiger partial charge in [-0.1, -0.05) is 13.8 Å². The summed E-state index contributed by atoms with van der Waals surface area (Å²) in [4.78, 5) is 3.55. The predicted molar refractivity (Wildman–Crippen MR) is 64.3 cm³/mol. The quantitative estimate of drug-likeness (QED) is 0.895. The van der Waals surface area contributed by atoms with E-state index in [1.54, 1.807) is 11.8 Å². The van der Waals surface area contributed by atoms with Crippen LogP contribution < -0.4 is 0 Å². The van der Waals surface area contributed by atoms with Crippen LogP contribution in [0.4, 0.5) is 13.2 Å². The topological polar surface area (TPSA) is 33.1 Å². The lowest BCUT2D eigenvalue weighted by Crippen LogP contribution is -2.03. The number of hydrogen-bond acceptors (Lipinski definition) is 4. The molecule has 1 rings (SSSR count). The van der Waals surface area contributed by atoms with E-state index in [0.29, 0.717) is 22.3 Å². The number of aliphatic hydroxyl groups excluding tert-OH is 1. The summed E-state index contributed by atoms with van der Waals surface area (Å²) < 4.78 is 36.9. The zero-order valence-electron chi connectivity index (χ0n) is 9.49. The van der Waals surface area contributed by atoms with Crippen molar-refractivity contribution in [2.45, 2.75) is 37.8 Å². The molecule has 98 valence electrons. The standard InChI is InChI=1S/C10H14F3NOS2/c1-3-6(2)16-5-7(15)8-4-14-9(17-8)10(11,12)13/h4,6-7,15H,3,5H2,1-2H3. The van der Waals surface area contributed by atoms with Gasteiger partial charge in [0.2, 0.25) is 0 Å². The van der Waals surface area contributed by atoms with E-state index >= 15 is 0 Å². The van der Waals surface area contributed by atoms with E-state index in [2.05, 4.69) is 4.98 Å². The predicted octanol–water partition coefficient (Wildman–Crippen LogP) is 3.73. The summed E-state index contributed by atoms with van der Waals surface area (Å²) in [6, 6.07) is 0. The molecule has 0 radical (unpaired) electrons. The highest BCUT2D eigenvalue weighted by atomic mass is 32.2. The van der Waals surface area contributed by atoms with Gasteiger partial charge in [-0.25, -0.2) is 4.98 Å². The number of aliphatic hydroxyl groups is 1. The summed E-state index contributed by atoms with van der Waals surface area (Å²) in [7, 11) is 0. The molecule has 2 nitrogen and oxygen atoms in total. The molecular weight excluding hydrogens is 271 g/mol. The molecule has 0 aliphatic rings. The van der Waals surface area contributed by atoms with Crippen molar-refractivity contribution in [3.05, 3.63) is 16.1 Å². The highest BCUT2D eigenvalue weighted by molar-refractivity contribution is 7.99. The van der Waals surface area contributed by atoms with Crippen LogP contribution in [0.3, 0.4) is 0 Å². The van der Waals surface area contributed by atoms with Crippen molar-refractivity contribution in [2.24, 2.45) is 0 Å². The lowest BCUT2D eigenvalue weighted by atomic mass is 10.4. The minimum absolute atomic E-state index is 0.271. The van der Waals surface area contributed by atoms with Crippen LogP contribution >= 0.6 is 23.1 Å². The summed E-state index contributed by atoms with van der Waals surface area (Å²) in [6.45, 7) is 4.05. The Morgan fingerprint density at radius 3 is 2.65 bits per heavy atom. The first-order valence-corrected chi connectivity index (χ1v) is 7.03. The van der Waals surface area contributed by atoms with Gasteiger partial charge in [0.25, 0.3) is 0 Å². The molecule has 0 spiro atoms. The smallest absolute Gasteiger partial charge is 0.387 e. The highest BCUT2D eigenvalue weighted by Gasteiger charge is 2.35. The Balaban J connectivity index is 2.58. The Hall–Kier alpha value is -0.270. The average molecular weight is 285 g/mol. The Kier molecular flexibility index (Phi) is 5.27. The lowest BCUT2D eigenvalue weighted by molar-refractivity contribution is -0.137. The molecule has 0 aliphatic heterocycles. The van der Waals surface area contributed by atoms with Crippen molar-refractivity contribution in [3.8, 4) is 0 Å². The van der Waals surface area contributed by atoms with Crippen LogP contribution in [0, 0.1) is 0 Å². The zero-order valence-corrected chi connectivity index (χ0v) is 11.1. The number of rotatable bonds is 5. The fraction of sp³-hybridized carbons (Fsp3) is 0.700. The van der Waals surface area contributed by atoms with Crippen LogP contribution in [0.2, 0.25) is 0 Å². The van der Waals surface area contributed by atoms with Gasteiger partial charge in [-0.05, 0) is 6.42 Å². The van der Waals surface area contributed by atoms with Gasteiger partial charge in [0, 0.05) is 17.2 Å². The number of alkyl halides is 3. The van der Waals surface area contributed by atoms with Gasteiger partial charge >= 0.3 is 6.18 Å². The summed E-state index contributed by atoms with van der Waals surface area (Å²) in [6.07, 6.45) is -3.22. The van der Waals surface area contributed by atoms with E-state index in [1.165, 1.54) is 0 Å². The first-order chi connectivity index (χ1) is 7.84. The maximum absolute atomic E-state index is 12.3. The number of halogens is 3. The lowest BCUT2D eigenvalue weighted by Gasteiger charge is -2.11. The third kappa shape index (κ3) is 4.48. The molecule has 1 N–H and O–H groups in total. The van der Waals surface area contributed by atoms with Gasteiger partial charge in [0.1, 0.15) is 0 Å². The fourth-order valence-electron chi connectivity index (χ4n) is 1.03. The van der Waals surface area contributed by atoms with Crippen LogP contribution in [0.5, 0.6) is 0 Å². The molecule has 2 atom stereocenters. The van der Waals surface area contributed by atoms with Crippen molar-refractivity contribution in [1.29, 1.82) is 0 Å². The minimum atomic E-state index is -4.42. The van der Waals surface area contributed by atoms with Crippen molar-refractivity contribution in [3.63, 3.8) is 0 Å². The van der Waals surface area contributed by atoms with Crippen LogP contribution in [-0.2, 0) is 6.18 Å². The summed E-state index contributed by atoms with van der Waals surface area (Å²) >= 11 is 2.05. The number of aromatic nitrogens is 1. The fourth-order valence-corrected chi connectivity index (χ4v) is 2.83. The molecular formula is C10H14F3NOS2. The number of nitrogens with zero attached hydrogens (tertiary/aromatic N) is 1. The number of thioether (sulfide) groups is 1. The van der Waals surface area contributed by atoms with Crippen molar-refractivity contribution >= 4 is 23.1 Å². The van der Waals surface area contributed by atoms with E-state index in [4.69, 9.17) is 0 Å². The largest absolute Gasteiger partial charge is 0.443 e. The second-order valence-electron chi connectivity index (χ2n) is 3.63. The molecule has 0 bridgehead atoms. The van der Waals surface area contributed by atoms with Crippen LogP contribution in [0.25, 0.3) is 0 Å². The van der Waals surface area contributed by atoms with E-state index in [9.17, 15) is 18.3 Å². The van der Waals surface area contributed by atoms with E-state index in [-0.39, 0.29) is 4.88 Å². The Labute approximate surface area is 106 Å². The molecule has 0 amide bonds. The maximum atomic E-state index is 12.3. The van der Waals surface area contributed by atoms with Gasteiger partial charge in [-0.15, -0.1) is 11.3 Å². The summed E-state index contributed by atoms with van der Waals surface area (Å²) in [5, 5.41) is 9.21. The van der Waals surface area contributed by atoms with Gasteiger partial charge in [-0.3, -0.25) is 0 Å². The third-order valence-electron chi connectivity index (χ3n) is 2.21. The first kappa shape index (κ1) is 14.8. The van der Waals surface area contributed by atoms with Crippen LogP contribution in [-0.4, -0.2) is 21.1 Å². The molecule has 0 fully saturated rings. The molecule has 7 heteroatoms. The Morgan fingerprint density at radius 2 is 2.18 bits per heavy atom. The number of hydrogen-bond donors (Lipinski definition) is 1. The first-order valence-electron chi connectivity index (χ1n) is 5.17. The van der Waals surface area contributed by atoms with Gasteiger partial charge < -0.3 is 5.11 Å². The average Bonchev–Trinajstić information content (AvgIpc) is 2.74. The zero-order chi connectivity index (χ0) is 13.1. The molecule has 0 aliphatic carbocycles. The molecule has 1 heterocycles. The minimum Gasteiger partial charge on any atom is -0.387 e. The Bertz CT molecular complexity index is 354. The van der Waals surface area contributed by atoms with Crippen molar-refractivity contribution < 1.29 is 18.3 Å². The molecule has 0 saturated carbocycles. The van der Waals surface area contributed by atoms with Gasteiger partial charge in [0.05, 0.1) is 11.0 Å². The van der Waals surface area contributed by atoms with Gasteiger partial charge in [-0.2, -0.15) is 24.9 Å². The van der Waals surface area contributed by atoms with Gasteiger partial charge in [0.15, 0.2) is 5.01 Å².